The van der Waals surface area contributed by atoms with E-state index in [9.17, 15) is 14.4 Å². The van der Waals surface area contributed by atoms with E-state index in [0.29, 0.717) is 5.56 Å². The largest absolute Gasteiger partial charge is 0.457 e. The van der Waals surface area contributed by atoms with E-state index in [4.69, 9.17) is 4.74 Å². The summed E-state index contributed by atoms with van der Waals surface area (Å²) in [5, 5.41) is 2.76. The fraction of sp³-hybridized carbons (Fsp3) is 0.471. The molecule has 5 nitrogen and oxygen atoms in total. The molecule has 116 valence electrons. The van der Waals surface area contributed by atoms with Gasteiger partial charge >= 0.3 is 5.97 Å². The van der Waals surface area contributed by atoms with Crippen molar-refractivity contribution < 1.29 is 19.1 Å². The van der Waals surface area contributed by atoms with Crippen molar-refractivity contribution >= 4 is 23.3 Å². The minimum absolute atomic E-state index is 0.0466. The summed E-state index contributed by atoms with van der Waals surface area (Å²) in [5.74, 6) is -0.872. The number of carbonyl (C=O) groups excluding carboxylic acids is 3. The van der Waals surface area contributed by atoms with Crippen molar-refractivity contribution in [3.05, 3.63) is 29.3 Å². The van der Waals surface area contributed by atoms with Crippen LogP contribution in [-0.2, 0) is 14.3 Å². The number of nitrogens with one attached hydrogen (secondary N) is 1. The van der Waals surface area contributed by atoms with Gasteiger partial charge in [-0.2, -0.15) is 0 Å². The summed E-state index contributed by atoms with van der Waals surface area (Å²) >= 11 is 0. The van der Waals surface area contributed by atoms with E-state index in [1.165, 1.54) is 0 Å². The van der Waals surface area contributed by atoms with Crippen LogP contribution >= 0.6 is 0 Å². The van der Waals surface area contributed by atoms with Crippen molar-refractivity contribution in [2.45, 2.75) is 38.5 Å². The molecule has 2 aliphatic rings. The molecule has 1 saturated carbocycles. The number of ether oxygens (including phenoxy) is 1. The highest BCUT2D eigenvalue weighted by Crippen LogP contribution is 2.32. The predicted octanol–water partition coefficient (Wildman–Crippen LogP) is 2.66. The second kappa shape index (κ2) is 5.91. The number of hydrogen-bond acceptors (Lipinski definition) is 4. The van der Waals surface area contributed by atoms with E-state index in [-0.39, 0.29) is 36.1 Å². The number of rotatable bonds is 4. The second-order valence-corrected chi connectivity index (χ2v) is 6.03. The quantitative estimate of drug-likeness (QED) is 0.685. The van der Waals surface area contributed by atoms with Crippen LogP contribution in [0.4, 0.5) is 5.69 Å². The average molecular weight is 301 g/mol. The van der Waals surface area contributed by atoms with Gasteiger partial charge in [0.1, 0.15) is 0 Å². The van der Waals surface area contributed by atoms with Crippen molar-refractivity contribution in [3.63, 3.8) is 0 Å². The van der Waals surface area contributed by atoms with Crippen LogP contribution in [0.25, 0.3) is 0 Å². The Morgan fingerprint density at radius 3 is 2.73 bits per heavy atom. The molecule has 0 unspecified atom stereocenters. The fourth-order valence-corrected chi connectivity index (χ4v) is 3.09. The third kappa shape index (κ3) is 2.75. The van der Waals surface area contributed by atoms with Gasteiger partial charge in [-0.15, -0.1) is 0 Å². The van der Waals surface area contributed by atoms with Crippen LogP contribution < -0.4 is 5.32 Å². The Bertz CT molecular complexity index is 632. The molecule has 1 N–H and O–H groups in total. The first-order chi connectivity index (χ1) is 10.6. The summed E-state index contributed by atoms with van der Waals surface area (Å²) in [7, 11) is 0. The van der Waals surface area contributed by atoms with E-state index >= 15 is 0 Å². The van der Waals surface area contributed by atoms with E-state index < -0.39 is 0 Å². The summed E-state index contributed by atoms with van der Waals surface area (Å²) in [4.78, 5) is 35.6. The number of hydrogen-bond donors (Lipinski definition) is 1. The number of amides is 1. The van der Waals surface area contributed by atoms with E-state index in [0.717, 1.165) is 36.9 Å². The summed E-state index contributed by atoms with van der Waals surface area (Å²) in [6.45, 7) is 1.57. The van der Waals surface area contributed by atoms with Gasteiger partial charge in [0.25, 0.3) is 0 Å². The molecule has 1 fully saturated rings. The number of fused-ring (bicyclic) bond motifs is 1. The molecule has 1 aliphatic carbocycles. The summed E-state index contributed by atoms with van der Waals surface area (Å²) in [6.07, 6.45) is 3.82. The standard InChI is InChI=1S/C17H19NO4/c1-10-13-8-12(6-7-14(13)18-16(10)20)15(19)9-22-17(21)11-4-2-3-5-11/h6-8,10-11H,2-5,9H2,1H3,(H,18,20)/t10-/m0/s1. The maximum Gasteiger partial charge on any atom is 0.309 e. The van der Waals surface area contributed by atoms with Crippen molar-refractivity contribution in [2.75, 3.05) is 11.9 Å². The molecule has 0 radical (unpaired) electrons. The summed E-state index contributed by atoms with van der Waals surface area (Å²) < 4.78 is 5.14. The Kier molecular flexibility index (Phi) is 3.96. The van der Waals surface area contributed by atoms with Crippen LogP contribution in [0, 0.1) is 5.92 Å². The Labute approximate surface area is 129 Å². The molecule has 1 aromatic rings. The molecule has 22 heavy (non-hydrogen) atoms. The maximum absolute atomic E-state index is 12.2. The van der Waals surface area contributed by atoms with E-state index in [2.05, 4.69) is 5.32 Å². The van der Waals surface area contributed by atoms with E-state index in [1.807, 2.05) is 0 Å². The lowest BCUT2D eigenvalue weighted by Gasteiger charge is -2.10. The molecular weight excluding hydrogens is 282 g/mol. The van der Waals surface area contributed by atoms with Gasteiger partial charge in [-0.3, -0.25) is 14.4 Å². The van der Waals surface area contributed by atoms with Crippen molar-refractivity contribution in [3.8, 4) is 0 Å². The number of anilines is 1. The van der Waals surface area contributed by atoms with Crippen LogP contribution in [-0.4, -0.2) is 24.3 Å². The zero-order chi connectivity index (χ0) is 15.7. The SMILES string of the molecule is C[C@@H]1C(=O)Nc2ccc(C(=O)COC(=O)C3CCCC3)cc21. The van der Waals surface area contributed by atoms with Gasteiger partial charge in [-0.25, -0.2) is 0 Å². The molecule has 1 aliphatic heterocycles. The monoisotopic (exact) mass is 301 g/mol. The zero-order valence-corrected chi connectivity index (χ0v) is 12.6. The second-order valence-electron chi connectivity index (χ2n) is 6.03. The first-order valence-electron chi connectivity index (χ1n) is 7.71. The lowest BCUT2D eigenvalue weighted by Crippen LogP contribution is -2.19. The highest BCUT2D eigenvalue weighted by molar-refractivity contribution is 6.05. The minimum Gasteiger partial charge on any atom is -0.457 e. The van der Waals surface area contributed by atoms with Crippen LogP contribution in [0.2, 0.25) is 0 Å². The van der Waals surface area contributed by atoms with Gasteiger partial charge in [0, 0.05) is 11.3 Å². The van der Waals surface area contributed by atoms with Crippen molar-refractivity contribution in [2.24, 2.45) is 5.92 Å². The molecule has 3 rings (SSSR count). The highest BCUT2D eigenvalue weighted by Gasteiger charge is 2.28. The number of carbonyl (C=O) groups is 3. The third-order valence-corrected chi connectivity index (χ3v) is 4.53. The van der Waals surface area contributed by atoms with E-state index in [1.54, 1.807) is 25.1 Å². The third-order valence-electron chi connectivity index (χ3n) is 4.53. The average Bonchev–Trinajstić information content (AvgIpc) is 3.14. The highest BCUT2D eigenvalue weighted by atomic mass is 16.5. The lowest BCUT2D eigenvalue weighted by molar-refractivity contribution is -0.147. The van der Waals surface area contributed by atoms with Crippen LogP contribution in [0.3, 0.4) is 0 Å². The van der Waals surface area contributed by atoms with Gasteiger partial charge in [0.05, 0.1) is 11.8 Å². The predicted molar refractivity (Wildman–Crippen MR) is 80.7 cm³/mol. The molecule has 1 atom stereocenters. The van der Waals surface area contributed by atoms with Gasteiger partial charge in [0.15, 0.2) is 12.4 Å². The van der Waals surface area contributed by atoms with Gasteiger partial charge in [0.2, 0.25) is 5.91 Å². The molecular formula is C17H19NO4. The lowest BCUT2D eigenvalue weighted by atomic mass is 9.99. The number of ketones is 1. The molecule has 1 amide bonds. The first kappa shape index (κ1) is 14.8. The minimum atomic E-state index is -0.266. The molecule has 1 aromatic carbocycles. The van der Waals surface area contributed by atoms with Crippen molar-refractivity contribution in [1.82, 2.24) is 0 Å². The van der Waals surface area contributed by atoms with Crippen LogP contribution in [0.15, 0.2) is 18.2 Å². The normalized spacial score (nSPS) is 20.6. The zero-order valence-electron chi connectivity index (χ0n) is 12.6. The number of esters is 1. The molecule has 0 spiro atoms. The first-order valence-corrected chi connectivity index (χ1v) is 7.71. The molecule has 0 aromatic heterocycles. The summed E-state index contributed by atoms with van der Waals surface area (Å²) in [6, 6.07) is 5.09. The van der Waals surface area contributed by atoms with Gasteiger partial charge in [-0.1, -0.05) is 12.8 Å². The van der Waals surface area contributed by atoms with Gasteiger partial charge < -0.3 is 10.1 Å². The van der Waals surface area contributed by atoms with Gasteiger partial charge in [-0.05, 0) is 43.5 Å². The Morgan fingerprint density at radius 2 is 2.00 bits per heavy atom. The molecule has 1 heterocycles. The topological polar surface area (TPSA) is 72.5 Å². The molecule has 5 heteroatoms. The smallest absolute Gasteiger partial charge is 0.309 e. The Morgan fingerprint density at radius 1 is 1.27 bits per heavy atom. The number of benzene rings is 1. The Hall–Kier alpha value is -2.17. The molecule has 0 saturated heterocycles. The van der Waals surface area contributed by atoms with Crippen LogP contribution in [0.1, 0.15) is 54.4 Å². The maximum atomic E-state index is 12.2. The molecule has 0 bridgehead atoms. The Balaban J connectivity index is 1.63. The van der Waals surface area contributed by atoms with Crippen molar-refractivity contribution in [1.29, 1.82) is 0 Å². The number of Topliss-reactive ketones (excluding diaryl/α,β-unsaturated/α-hetero) is 1. The summed E-state index contributed by atoms with van der Waals surface area (Å²) in [5.41, 5.74) is 2.04. The van der Waals surface area contributed by atoms with Crippen LogP contribution in [0.5, 0.6) is 0 Å². The fourth-order valence-electron chi connectivity index (χ4n) is 3.09.